The Morgan fingerprint density at radius 2 is 2.00 bits per heavy atom. The Morgan fingerprint density at radius 1 is 1.45 bits per heavy atom. The van der Waals surface area contributed by atoms with Crippen LogP contribution in [0.15, 0.2) is 17.0 Å². The molecule has 0 spiro atoms. The van der Waals surface area contributed by atoms with Crippen LogP contribution in [0.3, 0.4) is 0 Å². The van der Waals surface area contributed by atoms with Gasteiger partial charge in [0.05, 0.1) is 16.6 Å². The van der Waals surface area contributed by atoms with Crippen molar-refractivity contribution in [1.29, 1.82) is 0 Å². The molecule has 8 nitrogen and oxygen atoms in total. The number of carbonyl (C=O) groups excluding carboxylic acids is 1. The average molecular weight is 306 g/mol. The van der Waals surface area contributed by atoms with Gasteiger partial charge in [0.2, 0.25) is 15.8 Å². The third kappa shape index (κ3) is 3.48. The molecule has 0 saturated heterocycles. The van der Waals surface area contributed by atoms with Crippen molar-refractivity contribution < 1.29 is 27.3 Å². The summed E-state index contributed by atoms with van der Waals surface area (Å²) in [5, 5.41) is 15.4. The van der Waals surface area contributed by atoms with Gasteiger partial charge < -0.3 is 4.74 Å². The van der Waals surface area contributed by atoms with Gasteiger partial charge in [0.1, 0.15) is 4.90 Å². The predicted molar refractivity (Wildman–Crippen MR) is 65.0 cm³/mol. The molecule has 0 bridgehead atoms. The minimum Gasteiger partial charge on any atom is -0.459 e. The second kappa shape index (κ2) is 5.51. The summed E-state index contributed by atoms with van der Waals surface area (Å²) >= 11 is 0. The Morgan fingerprint density at radius 3 is 2.40 bits per heavy atom. The SMILES string of the molecule is CC(C)OC(=O)c1cc([N+](=O)[O-])c(F)c(S(N)(=O)=O)c1. The van der Waals surface area contributed by atoms with E-state index in [1.165, 1.54) is 13.8 Å². The van der Waals surface area contributed by atoms with Crippen molar-refractivity contribution in [1.82, 2.24) is 0 Å². The van der Waals surface area contributed by atoms with Crippen LogP contribution in [0, 0.1) is 15.9 Å². The number of nitro benzene ring substituents is 1. The molecule has 0 aromatic heterocycles. The summed E-state index contributed by atoms with van der Waals surface area (Å²) in [6.07, 6.45) is -0.537. The summed E-state index contributed by atoms with van der Waals surface area (Å²) in [4.78, 5) is 20.0. The van der Waals surface area contributed by atoms with Gasteiger partial charge in [0.25, 0.3) is 0 Å². The van der Waals surface area contributed by atoms with Crippen molar-refractivity contribution in [3.8, 4) is 0 Å². The van der Waals surface area contributed by atoms with E-state index in [1.807, 2.05) is 0 Å². The number of sulfonamides is 1. The second-order valence-corrected chi connectivity index (χ2v) is 5.59. The fourth-order valence-electron chi connectivity index (χ4n) is 1.32. The zero-order valence-corrected chi connectivity index (χ0v) is 11.3. The van der Waals surface area contributed by atoms with Crippen molar-refractivity contribution in [3.05, 3.63) is 33.6 Å². The van der Waals surface area contributed by atoms with Gasteiger partial charge in [-0.25, -0.2) is 18.4 Å². The van der Waals surface area contributed by atoms with Crippen LogP contribution in [0.25, 0.3) is 0 Å². The smallest absolute Gasteiger partial charge is 0.338 e. The van der Waals surface area contributed by atoms with Gasteiger partial charge in [-0.05, 0) is 19.9 Å². The number of hydrogen-bond acceptors (Lipinski definition) is 6. The van der Waals surface area contributed by atoms with Crippen LogP contribution in [0.1, 0.15) is 24.2 Å². The topological polar surface area (TPSA) is 130 Å². The van der Waals surface area contributed by atoms with Crippen LogP contribution in [0.4, 0.5) is 10.1 Å². The van der Waals surface area contributed by atoms with Crippen LogP contribution in [0.5, 0.6) is 0 Å². The summed E-state index contributed by atoms with van der Waals surface area (Å²) < 4.78 is 40.8. The molecule has 0 radical (unpaired) electrons. The Labute approximate surface area is 113 Å². The van der Waals surface area contributed by atoms with E-state index in [0.717, 1.165) is 0 Å². The molecule has 1 aromatic rings. The fraction of sp³-hybridized carbons (Fsp3) is 0.300. The number of esters is 1. The maximum atomic E-state index is 13.7. The highest BCUT2D eigenvalue weighted by Gasteiger charge is 2.28. The molecule has 0 unspecified atom stereocenters. The molecule has 2 N–H and O–H groups in total. The number of nitrogens with zero attached hydrogens (tertiary/aromatic N) is 1. The lowest BCUT2D eigenvalue weighted by Gasteiger charge is -2.09. The first-order chi connectivity index (χ1) is 9.04. The van der Waals surface area contributed by atoms with Gasteiger partial charge in [-0.3, -0.25) is 10.1 Å². The first-order valence-electron chi connectivity index (χ1n) is 5.25. The van der Waals surface area contributed by atoms with Gasteiger partial charge in [0.15, 0.2) is 0 Å². The zero-order valence-electron chi connectivity index (χ0n) is 10.5. The van der Waals surface area contributed by atoms with Crippen LogP contribution >= 0.6 is 0 Å². The Bertz CT molecular complexity index is 671. The molecule has 0 aliphatic rings. The number of hydrogen-bond donors (Lipinski definition) is 1. The first kappa shape index (κ1) is 16.0. The molecule has 0 saturated carbocycles. The highest BCUT2D eigenvalue weighted by molar-refractivity contribution is 7.89. The van der Waals surface area contributed by atoms with Gasteiger partial charge in [-0.2, -0.15) is 4.39 Å². The summed E-state index contributed by atoms with van der Waals surface area (Å²) in [5.41, 5.74) is -1.65. The summed E-state index contributed by atoms with van der Waals surface area (Å²) in [7, 11) is -4.56. The molecule has 20 heavy (non-hydrogen) atoms. The van der Waals surface area contributed by atoms with E-state index in [1.54, 1.807) is 0 Å². The largest absolute Gasteiger partial charge is 0.459 e. The third-order valence-electron chi connectivity index (χ3n) is 2.10. The van der Waals surface area contributed by atoms with E-state index in [9.17, 15) is 27.7 Å². The zero-order chi connectivity index (χ0) is 15.7. The average Bonchev–Trinajstić information content (AvgIpc) is 2.25. The third-order valence-corrected chi connectivity index (χ3v) is 3.01. The van der Waals surface area contributed by atoms with Crippen LogP contribution in [0.2, 0.25) is 0 Å². The molecular weight excluding hydrogens is 295 g/mol. The van der Waals surface area contributed by atoms with Crippen molar-refractivity contribution in [3.63, 3.8) is 0 Å². The van der Waals surface area contributed by atoms with E-state index >= 15 is 0 Å². The lowest BCUT2D eigenvalue weighted by Crippen LogP contribution is -2.18. The van der Waals surface area contributed by atoms with Crippen molar-refractivity contribution in [2.45, 2.75) is 24.8 Å². The van der Waals surface area contributed by atoms with Crippen molar-refractivity contribution in [2.24, 2.45) is 5.14 Å². The molecule has 0 heterocycles. The van der Waals surface area contributed by atoms with Crippen LogP contribution in [-0.4, -0.2) is 25.4 Å². The number of ether oxygens (including phenoxy) is 1. The molecule has 10 heteroatoms. The first-order valence-corrected chi connectivity index (χ1v) is 6.80. The lowest BCUT2D eigenvalue weighted by molar-refractivity contribution is -0.387. The van der Waals surface area contributed by atoms with Crippen LogP contribution < -0.4 is 5.14 Å². The molecule has 0 fully saturated rings. The van der Waals surface area contributed by atoms with Crippen molar-refractivity contribution in [2.75, 3.05) is 0 Å². The maximum absolute atomic E-state index is 13.7. The van der Waals surface area contributed by atoms with E-state index in [-0.39, 0.29) is 0 Å². The lowest BCUT2D eigenvalue weighted by atomic mass is 10.2. The van der Waals surface area contributed by atoms with Gasteiger partial charge in [-0.1, -0.05) is 0 Å². The number of halogens is 1. The monoisotopic (exact) mass is 306 g/mol. The van der Waals surface area contributed by atoms with Gasteiger partial charge in [-0.15, -0.1) is 0 Å². The Kier molecular flexibility index (Phi) is 4.40. The normalized spacial score (nSPS) is 11.4. The van der Waals surface area contributed by atoms with Crippen molar-refractivity contribution >= 4 is 21.7 Å². The summed E-state index contributed by atoms with van der Waals surface area (Å²) in [5.74, 6) is -2.65. The van der Waals surface area contributed by atoms with E-state index in [4.69, 9.17) is 9.88 Å². The highest BCUT2D eigenvalue weighted by Crippen LogP contribution is 2.26. The summed E-state index contributed by atoms with van der Waals surface area (Å²) in [6.45, 7) is 3.05. The quantitative estimate of drug-likeness (QED) is 0.500. The molecule has 1 aromatic carbocycles. The van der Waals surface area contributed by atoms with Gasteiger partial charge >= 0.3 is 11.7 Å². The summed E-state index contributed by atoms with van der Waals surface area (Å²) in [6, 6.07) is 1.19. The van der Waals surface area contributed by atoms with E-state index in [0.29, 0.717) is 12.1 Å². The number of nitrogens with two attached hydrogens (primary N) is 1. The number of primary sulfonamides is 1. The highest BCUT2D eigenvalue weighted by atomic mass is 32.2. The van der Waals surface area contributed by atoms with E-state index < -0.39 is 49.0 Å². The Balaban J connectivity index is 3.53. The Hall–Kier alpha value is -2.07. The van der Waals surface area contributed by atoms with Crippen LogP contribution in [-0.2, 0) is 14.8 Å². The van der Waals surface area contributed by atoms with E-state index in [2.05, 4.69) is 0 Å². The number of nitro groups is 1. The maximum Gasteiger partial charge on any atom is 0.338 e. The number of carbonyl (C=O) groups is 1. The minimum absolute atomic E-state index is 0.476. The standard InChI is InChI=1S/C10H11FN2O6S/c1-5(2)19-10(14)6-3-7(13(15)16)9(11)8(4-6)20(12,17)18/h3-5H,1-2H3,(H2,12,17,18). The number of benzene rings is 1. The molecule has 0 aliphatic heterocycles. The predicted octanol–water partition coefficient (Wildman–Crippen LogP) is 0.947. The molecule has 110 valence electrons. The molecular formula is C10H11FN2O6S. The molecule has 0 aliphatic carbocycles. The second-order valence-electron chi connectivity index (χ2n) is 4.06. The minimum atomic E-state index is -4.56. The molecule has 0 atom stereocenters. The molecule has 1 rings (SSSR count). The van der Waals surface area contributed by atoms with Gasteiger partial charge in [0, 0.05) is 6.07 Å². The molecule has 0 amide bonds. The number of rotatable bonds is 4. The fourth-order valence-corrected chi connectivity index (χ4v) is 1.97.